The number of benzene rings is 3. The van der Waals surface area contributed by atoms with Crippen LogP contribution in [0.5, 0.6) is 0 Å². The fraction of sp³-hybridized carbons (Fsp3) is 0.167. The van der Waals surface area contributed by atoms with Gasteiger partial charge in [-0.3, -0.25) is 0 Å². The number of halogens is 3. The lowest BCUT2D eigenvalue weighted by Gasteiger charge is -2.39. The number of hydrogen-bond acceptors (Lipinski definition) is 4. The van der Waals surface area contributed by atoms with Gasteiger partial charge in [-0.1, -0.05) is 48.2 Å². The van der Waals surface area contributed by atoms with E-state index < -0.39 is 34.3 Å². The van der Waals surface area contributed by atoms with Crippen LogP contribution >= 0.6 is 10.3 Å². The van der Waals surface area contributed by atoms with Crippen molar-refractivity contribution in [1.82, 2.24) is 0 Å². The predicted molar refractivity (Wildman–Crippen MR) is 129 cm³/mol. The minimum atomic E-state index is -5.95. The van der Waals surface area contributed by atoms with Crippen LogP contribution < -0.4 is 0 Å². The van der Waals surface area contributed by atoms with E-state index in [1.807, 2.05) is 0 Å². The second-order valence-corrected chi connectivity index (χ2v) is 16.4. The van der Waals surface area contributed by atoms with Crippen molar-refractivity contribution in [2.45, 2.75) is 39.3 Å². The van der Waals surface area contributed by atoms with Crippen LogP contribution in [-0.2, 0) is 13.7 Å². The zero-order valence-electron chi connectivity index (χ0n) is 18.4. The molecule has 0 spiro atoms. The van der Waals surface area contributed by atoms with Gasteiger partial charge < -0.3 is 4.80 Å². The molecule has 0 saturated carbocycles. The normalized spacial score (nSPS) is 13.1. The Morgan fingerprint density at radius 2 is 1.26 bits per heavy atom. The molecule has 0 amide bonds. The van der Waals surface area contributed by atoms with Crippen LogP contribution in [0.15, 0.2) is 99.6 Å². The second-order valence-electron chi connectivity index (χ2n) is 7.97. The highest BCUT2D eigenvalue weighted by Crippen LogP contribution is 2.70. The Bertz CT molecular complexity index is 1240. The smallest absolute Gasteiger partial charge is 0.431 e. The highest BCUT2D eigenvalue weighted by atomic mass is 32.3. The molecule has 1 N–H and O–H groups in total. The maximum Gasteiger partial charge on any atom is 0.524 e. The van der Waals surface area contributed by atoms with Gasteiger partial charge in [0.15, 0.2) is 8.32 Å². The first-order valence-corrected chi connectivity index (χ1v) is 16.2. The number of alkyl halides is 3. The van der Waals surface area contributed by atoms with Gasteiger partial charge in [0, 0.05) is 26.3 Å². The molecule has 0 heterocycles. The summed E-state index contributed by atoms with van der Waals surface area (Å²) in [6, 6.07) is 22.7. The van der Waals surface area contributed by atoms with Crippen molar-refractivity contribution in [1.29, 1.82) is 0 Å². The lowest BCUT2D eigenvalue weighted by atomic mass is 10.2. The van der Waals surface area contributed by atoms with Gasteiger partial charge in [0.25, 0.3) is 0 Å². The van der Waals surface area contributed by atoms with Gasteiger partial charge in [-0.2, -0.15) is 25.2 Å². The van der Waals surface area contributed by atoms with E-state index in [1.54, 1.807) is 85.9 Å². The van der Waals surface area contributed by atoms with Crippen molar-refractivity contribution in [3.05, 3.63) is 90.5 Å². The summed E-state index contributed by atoms with van der Waals surface area (Å²) in [5.41, 5.74) is -5.02. The van der Waals surface area contributed by atoms with Crippen LogP contribution in [0.25, 0.3) is 0 Å². The van der Waals surface area contributed by atoms with Crippen LogP contribution in [0.1, 0.15) is 5.56 Å². The SMILES string of the molecule is C[Si](C)(O)CC#Cc1ccc(S(OS(=O)(=O)C(F)(F)F)(c2ccccc2)c2ccccc2)cc1. The molecule has 0 radical (unpaired) electrons. The molecule has 0 unspecified atom stereocenters. The molecule has 0 bridgehead atoms. The highest BCUT2D eigenvalue weighted by Gasteiger charge is 2.52. The average Bonchev–Trinajstić information content (AvgIpc) is 2.78. The first-order chi connectivity index (χ1) is 15.9. The largest absolute Gasteiger partial charge is 0.524 e. The second kappa shape index (κ2) is 9.97. The summed E-state index contributed by atoms with van der Waals surface area (Å²) in [6.07, 6.45) is 0. The monoisotopic (exact) mass is 524 g/mol. The van der Waals surface area contributed by atoms with E-state index in [-0.39, 0.29) is 4.90 Å². The quantitative estimate of drug-likeness (QED) is 0.234. The summed E-state index contributed by atoms with van der Waals surface area (Å²) in [4.78, 5) is 10.8. The highest BCUT2D eigenvalue weighted by molar-refractivity contribution is 8.33. The zero-order chi connectivity index (χ0) is 25.0. The first-order valence-electron chi connectivity index (χ1n) is 10.1. The molecule has 0 aromatic heterocycles. The van der Waals surface area contributed by atoms with Gasteiger partial charge in [-0.25, -0.2) is 0 Å². The minimum absolute atomic E-state index is 0.264. The predicted octanol–water partition coefficient (Wildman–Crippen LogP) is 6.30. The standard InChI is InChI=1S/C24H23F3O4S2Si/c1-34(2,30)19-9-10-20-15-17-23(18-16-20)32(21-11-5-3-6-12-21,22-13-7-4-8-14-22)31-33(28,29)24(25,26)27/h3-8,11-18,30H,19H2,1-2H3. The Morgan fingerprint density at radius 3 is 1.68 bits per heavy atom. The van der Waals surface area contributed by atoms with Crippen LogP contribution in [0.3, 0.4) is 0 Å². The summed E-state index contributed by atoms with van der Waals surface area (Å²) in [5.74, 6) is 5.84. The molecule has 0 fully saturated rings. The molecular weight excluding hydrogens is 501 g/mol. The van der Waals surface area contributed by atoms with Crippen molar-refractivity contribution in [2.24, 2.45) is 0 Å². The number of hydrogen-bond donors (Lipinski definition) is 1. The molecule has 0 aliphatic carbocycles. The van der Waals surface area contributed by atoms with Gasteiger partial charge in [0.05, 0.1) is 0 Å². The maximum atomic E-state index is 13.5. The van der Waals surface area contributed by atoms with Crippen molar-refractivity contribution < 1.29 is 30.0 Å². The maximum absolute atomic E-state index is 13.5. The molecule has 3 aromatic carbocycles. The van der Waals surface area contributed by atoms with E-state index >= 15 is 0 Å². The average molecular weight is 525 g/mol. The molecule has 4 nitrogen and oxygen atoms in total. The van der Waals surface area contributed by atoms with E-state index in [0.717, 1.165) is 0 Å². The Hall–Kier alpha value is -2.55. The Balaban J connectivity index is 2.23. The third-order valence-electron chi connectivity index (χ3n) is 4.57. The summed E-state index contributed by atoms with van der Waals surface area (Å²) in [5, 5.41) is 0. The van der Waals surface area contributed by atoms with Crippen molar-refractivity contribution in [3.8, 4) is 11.8 Å². The lowest BCUT2D eigenvalue weighted by molar-refractivity contribution is -0.0496. The van der Waals surface area contributed by atoms with Crippen molar-refractivity contribution >= 4 is 28.7 Å². The van der Waals surface area contributed by atoms with Gasteiger partial charge in [0.2, 0.25) is 0 Å². The summed E-state index contributed by atoms with van der Waals surface area (Å²) in [6.45, 7) is 3.53. The topological polar surface area (TPSA) is 63.6 Å². The molecule has 34 heavy (non-hydrogen) atoms. The molecule has 180 valence electrons. The number of rotatable bonds is 6. The van der Waals surface area contributed by atoms with E-state index in [1.165, 1.54) is 12.1 Å². The van der Waals surface area contributed by atoms with Gasteiger partial charge in [0.1, 0.15) is 0 Å². The van der Waals surface area contributed by atoms with Crippen LogP contribution in [-0.4, -0.2) is 27.0 Å². The van der Waals surface area contributed by atoms with Gasteiger partial charge in [-0.05, 0) is 71.9 Å². The molecule has 0 aliphatic rings. The molecule has 0 atom stereocenters. The third-order valence-corrected chi connectivity index (χ3v) is 10.5. The van der Waals surface area contributed by atoms with Crippen LogP contribution in [0.2, 0.25) is 19.1 Å². The van der Waals surface area contributed by atoms with Gasteiger partial charge >= 0.3 is 15.6 Å². The summed E-state index contributed by atoms with van der Waals surface area (Å²) in [7, 11) is -11.6. The van der Waals surface area contributed by atoms with Crippen molar-refractivity contribution in [3.63, 3.8) is 0 Å². The van der Waals surface area contributed by atoms with Crippen molar-refractivity contribution in [2.75, 3.05) is 0 Å². The molecule has 0 aliphatic heterocycles. The van der Waals surface area contributed by atoms with E-state index in [4.69, 9.17) is 3.63 Å². The first kappa shape index (κ1) is 26.1. The van der Waals surface area contributed by atoms with Gasteiger partial charge in [-0.15, -0.1) is 0 Å². The van der Waals surface area contributed by atoms with E-state index in [0.29, 0.717) is 21.4 Å². The zero-order valence-corrected chi connectivity index (χ0v) is 21.0. The molecule has 10 heteroatoms. The molecule has 3 aromatic rings. The fourth-order valence-electron chi connectivity index (χ4n) is 3.02. The Labute approximate surface area is 200 Å². The van der Waals surface area contributed by atoms with Crippen LogP contribution in [0, 0.1) is 11.8 Å². The Morgan fingerprint density at radius 1 is 0.824 bits per heavy atom. The lowest BCUT2D eigenvalue weighted by Crippen LogP contribution is -2.27. The van der Waals surface area contributed by atoms with E-state index in [9.17, 15) is 26.4 Å². The van der Waals surface area contributed by atoms with E-state index in [2.05, 4.69) is 11.8 Å². The molecule has 0 saturated heterocycles. The minimum Gasteiger partial charge on any atom is -0.431 e. The Kier molecular flexibility index (Phi) is 7.64. The van der Waals surface area contributed by atoms with Crippen LogP contribution in [0.4, 0.5) is 13.2 Å². The summed E-state index contributed by atoms with van der Waals surface area (Å²) < 4.78 is 70.3. The summed E-state index contributed by atoms with van der Waals surface area (Å²) >= 11 is 0. The molecular formula is C24H23F3O4S2Si. The molecule has 3 rings (SSSR count). The fourth-order valence-corrected chi connectivity index (χ4v) is 8.28. The third kappa shape index (κ3) is 5.92.